The quantitative estimate of drug-likeness (QED) is 0.883. The van der Waals surface area contributed by atoms with E-state index in [0.717, 1.165) is 11.3 Å². The van der Waals surface area contributed by atoms with Crippen molar-refractivity contribution in [2.24, 2.45) is 0 Å². The van der Waals surface area contributed by atoms with Crippen LogP contribution in [0.25, 0.3) is 0 Å². The van der Waals surface area contributed by atoms with Crippen molar-refractivity contribution in [2.45, 2.75) is 19.4 Å². The highest BCUT2D eigenvalue weighted by molar-refractivity contribution is 5.19. The molecule has 0 aliphatic heterocycles. The lowest BCUT2D eigenvalue weighted by Crippen LogP contribution is -2.12. The summed E-state index contributed by atoms with van der Waals surface area (Å²) in [6.07, 6.45) is 2.23. The smallest absolute Gasteiger partial charge is 0.198 e. The SMILES string of the molecule is CNC(C)c1coc(Cc2ccc(F)cc2)n1. The molecule has 1 heterocycles. The lowest BCUT2D eigenvalue weighted by atomic mass is 10.1. The first kappa shape index (κ1) is 11.8. The van der Waals surface area contributed by atoms with Gasteiger partial charge in [0.1, 0.15) is 12.1 Å². The fourth-order valence-corrected chi connectivity index (χ4v) is 1.53. The molecule has 3 nitrogen and oxygen atoms in total. The number of nitrogens with one attached hydrogen (secondary N) is 1. The summed E-state index contributed by atoms with van der Waals surface area (Å²) >= 11 is 0. The topological polar surface area (TPSA) is 38.1 Å². The molecule has 2 aromatic rings. The number of rotatable bonds is 4. The Morgan fingerprint density at radius 2 is 2.06 bits per heavy atom. The number of hydrogen-bond acceptors (Lipinski definition) is 3. The van der Waals surface area contributed by atoms with Crippen molar-refractivity contribution in [3.8, 4) is 0 Å². The summed E-state index contributed by atoms with van der Waals surface area (Å²) in [5, 5.41) is 3.09. The first-order chi connectivity index (χ1) is 8.19. The van der Waals surface area contributed by atoms with E-state index in [-0.39, 0.29) is 11.9 Å². The van der Waals surface area contributed by atoms with Gasteiger partial charge in [0.2, 0.25) is 0 Å². The van der Waals surface area contributed by atoms with Crippen LogP contribution in [0.2, 0.25) is 0 Å². The molecule has 2 rings (SSSR count). The molecule has 0 saturated heterocycles. The minimum Gasteiger partial charge on any atom is -0.448 e. The highest BCUT2D eigenvalue weighted by atomic mass is 19.1. The minimum atomic E-state index is -0.231. The molecule has 0 aliphatic rings. The summed E-state index contributed by atoms with van der Waals surface area (Å²) in [6.45, 7) is 2.01. The van der Waals surface area contributed by atoms with Crippen LogP contribution in [0.15, 0.2) is 34.9 Å². The predicted molar refractivity (Wildman–Crippen MR) is 63.2 cm³/mol. The molecule has 0 bridgehead atoms. The van der Waals surface area contributed by atoms with Crippen molar-refractivity contribution >= 4 is 0 Å². The van der Waals surface area contributed by atoms with Gasteiger partial charge in [0.05, 0.1) is 5.69 Å². The zero-order valence-corrected chi connectivity index (χ0v) is 9.90. The molecule has 1 aromatic heterocycles. The largest absolute Gasteiger partial charge is 0.448 e. The first-order valence-corrected chi connectivity index (χ1v) is 5.55. The van der Waals surface area contributed by atoms with E-state index < -0.39 is 0 Å². The summed E-state index contributed by atoms with van der Waals surface area (Å²) in [6, 6.07) is 6.52. The third-order valence-corrected chi connectivity index (χ3v) is 2.71. The molecule has 0 saturated carbocycles. The van der Waals surface area contributed by atoms with Gasteiger partial charge in [-0.1, -0.05) is 12.1 Å². The standard InChI is InChI=1S/C13H15FN2O/c1-9(15-2)12-8-17-13(16-12)7-10-3-5-11(14)6-4-10/h3-6,8-9,15H,7H2,1-2H3. The third kappa shape index (κ3) is 2.91. The molecular weight excluding hydrogens is 219 g/mol. The number of nitrogens with zero attached hydrogens (tertiary/aromatic N) is 1. The molecule has 1 N–H and O–H groups in total. The van der Waals surface area contributed by atoms with Gasteiger partial charge in [0.25, 0.3) is 0 Å². The molecule has 4 heteroatoms. The van der Waals surface area contributed by atoms with Crippen molar-refractivity contribution in [1.82, 2.24) is 10.3 Å². The van der Waals surface area contributed by atoms with Gasteiger partial charge in [-0.3, -0.25) is 0 Å². The Kier molecular flexibility index (Phi) is 3.54. The Morgan fingerprint density at radius 3 is 2.71 bits per heavy atom. The Balaban J connectivity index is 2.08. The van der Waals surface area contributed by atoms with E-state index in [1.54, 1.807) is 18.4 Å². The second kappa shape index (κ2) is 5.10. The number of hydrogen-bond donors (Lipinski definition) is 1. The van der Waals surface area contributed by atoms with Crippen LogP contribution in [0, 0.1) is 5.82 Å². The second-order valence-electron chi connectivity index (χ2n) is 3.98. The van der Waals surface area contributed by atoms with Crippen LogP contribution in [0.4, 0.5) is 4.39 Å². The maximum atomic E-state index is 12.7. The predicted octanol–water partition coefficient (Wildman–Crippen LogP) is 2.68. The van der Waals surface area contributed by atoms with Crippen LogP contribution in [0.1, 0.15) is 30.1 Å². The molecular formula is C13H15FN2O. The Bertz CT molecular complexity index is 478. The van der Waals surface area contributed by atoms with E-state index in [0.29, 0.717) is 12.3 Å². The highest BCUT2D eigenvalue weighted by Gasteiger charge is 2.09. The molecule has 1 unspecified atom stereocenters. The molecule has 17 heavy (non-hydrogen) atoms. The fourth-order valence-electron chi connectivity index (χ4n) is 1.53. The second-order valence-corrected chi connectivity index (χ2v) is 3.98. The average molecular weight is 234 g/mol. The van der Waals surface area contributed by atoms with Crippen LogP contribution in [-0.2, 0) is 6.42 Å². The van der Waals surface area contributed by atoms with Crippen molar-refractivity contribution in [1.29, 1.82) is 0 Å². The molecule has 1 aromatic carbocycles. The van der Waals surface area contributed by atoms with Gasteiger partial charge in [-0.25, -0.2) is 9.37 Å². The van der Waals surface area contributed by atoms with Crippen LogP contribution in [0.5, 0.6) is 0 Å². The summed E-state index contributed by atoms with van der Waals surface area (Å²) in [7, 11) is 1.87. The molecule has 0 amide bonds. The number of halogens is 1. The van der Waals surface area contributed by atoms with Crippen LogP contribution in [0.3, 0.4) is 0 Å². The Labute approximate surface area is 99.7 Å². The van der Waals surface area contributed by atoms with Gasteiger partial charge in [-0.15, -0.1) is 0 Å². The number of benzene rings is 1. The van der Waals surface area contributed by atoms with Gasteiger partial charge in [0, 0.05) is 12.5 Å². The van der Waals surface area contributed by atoms with Crippen LogP contribution < -0.4 is 5.32 Å². The van der Waals surface area contributed by atoms with E-state index in [1.807, 2.05) is 14.0 Å². The van der Waals surface area contributed by atoms with E-state index >= 15 is 0 Å². The zero-order valence-electron chi connectivity index (χ0n) is 9.90. The van der Waals surface area contributed by atoms with E-state index in [2.05, 4.69) is 10.3 Å². The minimum absolute atomic E-state index is 0.167. The third-order valence-electron chi connectivity index (χ3n) is 2.71. The van der Waals surface area contributed by atoms with Crippen LogP contribution >= 0.6 is 0 Å². The van der Waals surface area contributed by atoms with E-state index in [4.69, 9.17) is 4.42 Å². The Hall–Kier alpha value is -1.68. The molecule has 90 valence electrons. The molecule has 0 radical (unpaired) electrons. The molecule has 1 atom stereocenters. The summed E-state index contributed by atoms with van der Waals surface area (Å²) in [5.41, 5.74) is 1.86. The lowest BCUT2D eigenvalue weighted by molar-refractivity contribution is 0.504. The Morgan fingerprint density at radius 1 is 1.35 bits per heavy atom. The monoisotopic (exact) mass is 234 g/mol. The van der Waals surface area contributed by atoms with Crippen LogP contribution in [-0.4, -0.2) is 12.0 Å². The van der Waals surface area contributed by atoms with E-state index in [9.17, 15) is 4.39 Å². The normalized spacial score (nSPS) is 12.6. The van der Waals surface area contributed by atoms with Gasteiger partial charge in [0.15, 0.2) is 5.89 Å². The van der Waals surface area contributed by atoms with E-state index in [1.165, 1.54) is 12.1 Å². The zero-order chi connectivity index (χ0) is 12.3. The van der Waals surface area contributed by atoms with Crippen molar-refractivity contribution < 1.29 is 8.81 Å². The van der Waals surface area contributed by atoms with Crippen molar-refractivity contribution in [3.05, 3.63) is 53.5 Å². The van der Waals surface area contributed by atoms with Gasteiger partial charge in [-0.2, -0.15) is 0 Å². The number of aromatic nitrogens is 1. The average Bonchev–Trinajstić information content (AvgIpc) is 2.80. The summed E-state index contributed by atoms with van der Waals surface area (Å²) < 4.78 is 18.1. The summed E-state index contributed by atoms with van der Waals surface area (Å²) in [4.78, 5) is 4.38. The molecule has 0 fully saturated rings. The first-order valence-electron chi connectivity index (χ1n) is 5.55. The highest BCUT2D eigenvalue weighted by Crippen LogP contribution is 2.14. The maximum absolute atomic E-state index is 12.7. The number of oxazole rings is 1. The van der Waals surface area contributed by atoms with Gasteiger partial charge in [-0.05, 0) is 31.7 Å². The van der Waals surface area contributed by atoms with Crippen molar-refractivity contribution in [2.75, 3.05) is 7.05 Å². The molecule has 0 aliphatic carbocycles. The van der Waals surface area contributed by atoms with Gasteiger partial charge < -0.3 is 9.73 Å². The van der Waals surface area contributed by atoms with Gasteiger partial charge >= 0.3 is 0 Å². The molecule has 0 spiro atoms. The fraction of sp³-hybridized carbons (Fsp3) is 0.308. The maximum Gasteiger partial charge on any atom is 0.198 e. The lowest BCUT2D eigenvalue weighted by Gasteiger charge is -2.03. The summed E-state index contributed by atoms with van der Waals surface area (Å²) in [5.74, 6) is 0.416. The van der Waals surface area contributed by atoms with Crippen molar-refractivity contribution in [3.63, 3.8) is 0 Å².